The highest BCUT2D eigenvalue weighted by atomic mass is 16.1. The Morgan fingerprint density at radius 3 is 2.46 bits per heavy atom. The van der Waals surface area contributed by atoms with Gasteiger partial charge in [-0.2, -0.15) is 0 Å². The van der Waals surface area contributed by atoms with Gasteiger partial charge in [0.05, 0.1) is 23.1 Å². The summed E-state index contributed by atoms with van der Waals surface area (Å²) < 4.78 is 1.78. The first-order chi connectivity index (χ1) is 11.7. The third-order valence-corrected chi connectivity index (χ3v) is 4.39. The van der Waals surface area contributed by atoms with Crippen LogP contribution in [0.15, 0.2) is 53.3 Å². The minimum absolute atomic E-state index is 0.00223. The molecule has 0 radical (unpaired) electrons. The lowest BCUT2D eigenvalue weighted by molar-refractivity contribution is -0.694. The summed E-state index contributed by atoms with van der Waals surface area (Å²) in [5, 5.41) is 2.90. The largest absolute Gasteiger partial charge is 0.338 e. The van der Waals surface area contributed by atoms with Gasteiger partial charge in [0, 0.05) is 6.42 Å². The molecule has 2 aromatic carbocycles. The lowest BCUT2D eigenvalue weighted by Gasteiger charge is -2.19. The SMILES string of the molecule is CC[NH2+][C@H](CC)c1nc2ccccc2c(=O)n1-c1ccc(C)cc1. The van der Waals surface area contributed by atoms with E-state index < -0.39 is 0 Å². The van der Waals surface area contributed by atoms with Crippen LogP contribution in [0.4, 0.5) is 0 Å². The molecule has 1 aromatic heterocycles. The van der Waals surface area contributed by atoms with E-state index in [-0.39, 0.29) is 11.6 Å². The monoisotopic (exact) mass is 322 g/mol. The maximum atomic E-state index is 13.2. The van der Waals surface area contributed by atoms with E-state index in [4.69, 9.17) is 4.98 Å². The van der Waals surface area contributed by atoms with E-state index in [2.05, 4.69) is 19.2 Å². The van der Waals surface area contributed by atoms with Crippen LogP contribution < -0.4 is 10.9 Å². The number of nitrogens with two attached hydrogens (primary N) is 1. The maximum Gasteiger partial charge on any atom is 0.266 e. The zero-order valence-corrected chi connectivity index (χ0v) is 14.5. The molecule has 0 spiro atoms. The van der Waals surface area contributed by atoms with Crippen molar-refractivity contribution < 1.29 is 5.32 Å². The van der Waals surface area contributed by atoms with Gasteiger partial charge < -0.3 is 5.32 Å². The van der Waals surface area contributed by atoms with Crippen molar-refractivity contribution in [3.05, 3.63) is 70.3 Å². The van der Waals surface area contributed by atoms with Crippen molar-refractivity contribution in [3.63, 3.8) is 0 Å². The first-order valence-electron chi connectivity index (χ1n) is 8.57. The van der Waals surface area contributed by atoms with Crippen LogP contribution in [0.2, 0.25) is 0 Å². The number of hydrogen-bond acceptors (Lipinski definition) is 2. The summed E-state index contributed by atoms with van der Waals surface area (Å²) in [5.41, 5.74) is 2.82. The van der Waals surface area contributed by atoms with E-state index in [0.29, 0.717) is 5.39 Å². The molecule has 0 aliphatic carbocycles. The molecule has 3 rings (SSSR count). The molecule has 3 aromatic rings. The van der Waals surface area contributed by atoms with Crippen LogP contribution in [0.1, 0.15) is 37.7 Å². The van der Waals surface area contributed by atoms with Crippen LogP contribution in [0.5, 0.6) is 0 Å². The minimum atomic E-state index is 0.00223. The topological polar surface area (TPSA) is 51.5 Å². The fourth-order valence-corrected chi connectivity index (χ4v) is 3.08. The second kappa shape index (κ2) is 6.97. The molecule has 0 saturated carbocycles. The van der Waals surface area contributed by atoms with Crippen molar-refractivity contribution in [2.24, 2.45) is 0 Å². The fourth-order valence-electron chi connectivity index (χ4n) is 3.08. The van der Waals surface area contributed by atoms with E-state index in [1.165, 1.54) is 5.56 Å². The van der Waals surface area contributed by atoms with Crippen molar-refractivity contribution >= 4 is 10.9 Å². The summed E-state index contributed by atoms with van der Waals surface area (Å²) in [5.74, 6) is 0.826. The molecule has 0 saturated heterocycles. The zero-order chi connectivity index (χ0) is 17.1. The molecule has 1 heterocycles. The standard InChI is InChI=1S/C20H23N3O/c1-4-17(21-5-2)19-22-18-9-7-6-8-16(18)20(24)23(19)15-12-10-14(3)11-13-15/h6-13,17,21H,4-5H2,1-3H3/p+1/t17-/m1/s1. The van der Waals surface area contributed by atoms with Crippen molar-refractivity contribution in [2.75, 3.05) is 6.54 Å². The molecular formula is C20H24N3O+. The Morgan fingerprint density at radius 1 is 1.08 bits per heavy atom. The molecule has 4 nitrogen and oxygen atoms in total. The fraction of sp³-hybridized carbons (Fsp3) is 0.300. The van der Waals surface area contributed by atoms with Crippen molar-refractivity contribution in [2.45, 2.75) is 33.2 Å². The van der Waals surface area contributed by atoms with Gasteiger partial charge in [0.2, 0.25) is 0 Å². The highest BCUT2D eigenvalue weighted by Gasteiger charge is 2.21. The first kappa shape index (κ1) is 16.4. The van der Waals surface area contributed by atoms with Gasteiger partial charge >= 0.3 is 0 Å². The Morgan fingerprint density at radius 2 is 1.79 bits per heavy atom. The third-order valence-electron chi connectivity index (χ3n) is 4.39. The van der Waals surface area contributed by atoms with Gasteiger partial charge in [-0.3, -0.25) is 9.36 Å². The zero-order valence-electron chi connectivity index (χ0n) is 14.5. The third kappa shape index (κ3) is 2.97. The lowest BCUT2D eigenvalue weighted by atomic mass is 10.1. The molecule has 4 heteroatoms. The predicted molar refractivity (Wildman–Crippen MR) is 97.6 cm³/mol. The highest BCUT2D eigenvalue weighted by molar-refractivity contribution is 5.77. The number of hydrogen-bond donors (Lipinski definition) is 1. The summed E-state index contributed by atoms with van der Waals surface area (Å²) in [4.78, 5) is 18.0. The van der Waals surface area contributed by atoms with Crippen molar-refractivity contribution in [3.8, 4) is 5.69 Å². The van der Waals surface area contributed by atoms with E-state index in [1.807, 2.05) is 55.5 Å². The van der Waals surface area contributed by atoms with Crippen LogP contribution in [-0.2, 0) is 0 Å². The number of para-hydroxylation sites is 1. The summed E-state index contributed by atoms with van der Waals surface area (Å²) in [6.07, 6.45) is 0.921. The predicted octanol–water partition coefficient (Wildman–Crippen LogP) is 2.73. The van der Waals surface area contributed by atoms with Crippen LogP contribution in [-0.4, -0.2) is 16.1 Å². The highest BCUT2D eigenvalue weighted by Crippen LogP contribution is 2.18. The molecule has 1 atom stereocenters. The number of fused-ring (bicyclic) bond motifs is 1. The number of quaternary nitrogens is 1. The molecule has 0 fully saturated rings. The van der Waals surface area contributed by atoms with E-state index in [0.717, 1.165) is 30.0 Å². The number of aryl methyl sites for hydroxylation is 1. The Hall–Kier alpha value is -2.46. The number of benzene rings is 2. The van der Waals surface area contributed by atoms with E-state index >= 15 is 0 Å². The summed E-state index contributed by atoms with van der Waals surface area (Å²) in [6, 6.07) is 15.8. The minimum Gasteiger partial charge on any atom is -0.338 e. The van der Waals surface area contributed by atoms with Gasteiger partial charge in [-0.05, 0) is 38.1 Å². The second-order valence-corrected chi connectivity index (χ2v) is 6.12. The maximum absolute atomic E-state index is 13.2. The normalized spacial score (nSPS) is 12.5. The van der Waals surface area contributed by atoms with E-state index in [1.54, 1.807) is 4.57 Å². The van der Waals surface area contributed by atoms with Crippen LogP contribution >= 0.6 is 0 Å². The van der Waals surface area contributed by atoms with Crippen LogP contribution in [0.25, 0.3) is 16.6 Å². The Kier molecular flexibility index (Phi) is 4.76. The molecule has 0 aliphatic heterocycles. The summed E-state index contributed by atoms with van der Waals surface area (Å²) in [7, 11) is 0. The number of aromatic nitrogens is 2. The van der Waals surface area contributed by atoms with Gasteiger partial charge in [-0.15, -0.1) is 0 Å². The Bertz CT molecular complexity index is 897. The quantitative estimate of drug-likeness (QED) is 0.785. The van der Waals surface area contributed by atoms with Gasteiger partial charge in [-0.25, -0.2) is 4.98 Å². The van der Waals surface area contributed by atoms with Gasteiger partial charge in [0.15, 0.2) is 5.82 Å². The van der Waals surface area contributed by atoms with Crippen LogP contribution in [0, 0.1) is 6.92 Å². The molecule has 2 N–H and O–H groups in total. The van der Waals surface area contributed by atoms with Gasteiger partial charge in [0.1, 0.15) is 6.04 Å². The molecule has 24 heavy (non-hydrogen) atoms. The van der Waals surface area contributed by atoms with Gasteiger partial charge in [0.25, 0.3) is 5.56 Å². The Labute approximate surface area is 142 Å². The molecule has 0 bridgehead atoms. The molecular weight excluding hydrogens is 298 g/mol. The average Bonchev–Trinajstić information content (AvgIpc) is 2.61. The van der Waals surface area contributed by atoms with E-state index in [9.17, 15) is 4.79 Å². The second-order valence-electron chi connectivity index (χ2n) is 6.12. The average molecular weight is 322 g/mol. The summed E-state index contributed by atoms with van der Waals surface area (Å²) in [6.45, 7) is 7.26. The number of nitrogens with zero attached hydrogens (tertiary/aromatic N) is 2. The van der Waals surface area contributed by atoms with Gasteiger partial charge in [-0.1, -0.05) is 36.8 Å². The van der Waals surface area contributed by atoms with Crippen LogP contribution in [0.3, 0.4) is 0 Å². The van der Waals surface area contributed by atoms with Crippen molar-refractivity contribution in [1.29, 1.82) is 0 Å². The van der Waals surface area contributed by atoms with Crippen molar-refractivity contribution in [1.82, 2.24) is 9.55 Å². The number of rotatable bonds is 5. The lowest BCUT2D eigenvalue weighted by Crippen LogP contribution is -2.85. The molecule has 0 unspecified atom stereocenters. The first-order valence-corrected chi connectivity index (χ1v) is 8.57. The smallest absolute Gasteiger partial charge is 0.266 e. The molecule has 124 valence electrons. The molecule has 0 aliphatic rings. The summed E-state index contributed by atoms with van der Waals surface area (Å²) >= 11 is 0. The Balaban J connectivity index is 2.33. The molecule has 0 amide bonds.